The minimum atomic E-state index is -1.08. The lowest BCUT2D eigenvalue weighted by atomic mass is 9.83. The molecular weight excluding hydrogens is 306 g/mol. The molecule has 2 rings (SSSR count). The second kappa shape index (κ2) is 6.70. The van der Waals surface area contributed by atoms with Crippen molar-refractivity contribution in [3.8, 4) is 0 Å². The van der Waals surface area contributed by atoms with E-state index in [9.17, 15) is 19.8 Å². The molecule has 1 amide bonds. The van der Waals surface area contributed by atoms with Gasteiger partial charge in [-0.25, -0.2) is 4.79 Å². The number of amides is 1. The number of aliphatic carboxylic acids is 1. The molecular formula is C14H21N3O4S. The lowest BCUT2D eigenvalue weighted by Crippen LogP contribution is -2.61. The van der Waals surface area contributed by atoms with Gasteiger partial charge in [0.15, 0.2) is 0 Å². The number of nitrogens with zero attached hydrogens (tertiary/aromatic N) is 2. The number of aliphatic imine (C=N–C) groups is 1. The number of β-lactam (4-membered cyclic amide) rings is 1. The number of hydrogen-bond acceptors (Lipinski definition) is 5. The van der Waals surface area contributed by atoms with Gasteiger partial charge in [0.05, 0.1) is 23.9 Å². The molecule has 22 heavy (non-hydrogen) atoms. The zero-order valence-corrected chi connectivity index (χ0v) is 13.7. The molecule has 1 saturated heterocycles. The maximum absolute atomic E-state index is 12.0. The molecule has 1 fully saturated rings. The maximum atomic E-state index is 12.0. The Bertz CT molecular complexity index is 544. The fourth-order valence-corrected chi connectivity index (χ4v) is 3.91. The van der Waals surface area contributed by atoms with E-state index in [4.69, 9.17) is 0 Å². The Balaban J connectivity index is 2.01. The highest BCUT2D eigenvalue weighted by Crippen LogP contribution is 2.46. The van der Waals surface area contributed by atoms with Gasteiger partial charge in [0.2, 0.25) is 5.91 Å². The predicted octanol–water partition coefficient (Wildman–Crippen LogP) is 0.265. The van der Waals surface area contributed by atoms with Gasteiger partial charge < -0.3 is 20.4 Å². The largest absolute Gasteiger partial charge is 0.477 e. The minimum absolute atomic E-state index is 0.0813. The number of rotatable bonds is 6. The summed E-state index contributed by atoms with van der Waals surface area (Å²) in [6, 6.07) is -0.215. The van der Waals surface area contributed by atoms with Crippen LogP contribution in [0.3, 0.4) is 0 Å². The minimum Gasteiger partial charge on any atom is -0.477 e. The average Bonchev–Trinajstić information content (AvgIpc) is 2.77. The van der Waals surface area contributed by atoms with Crippen LogP contribution in [0.5, 0.6) is 0 Å². The van der Waals surface area contributed by atoms with Crippen LogP contribution in [-0.4, -0.2) is 64.3 Å². The van der Waals surface area contributed by atoms with E-state index in [1.807, 2.05) is 6.92 Å². The number of carboxylic acids is 1. The number of thioether (sulfide) groups is 1. The molecule has 0 aromatic carbocycles. The molecule has 0 aliphatic carbocycles. The number of carbonyl (C=O) groups excluding carboxylic acids is 1. The third-order valence-electron chi connectivity index (χ3n) is 3.99. The Morgan fingerprint density at radius 3 is 2.82 bits per heavy atom. The van der Waals surface area contributed by atoms with Crippen LogP contribution in [0.4, 0.5) is 0 Å². The quantitative estimate of drug-likeness (QED) is 0.280. The maximum Gasteiger partial charge on any atom is 0.353 e. The highest BCUT2D eigenvalue weighted by molar-refractivity contribution is 8.03. The van der Waals surface area contributed by atoms with E-state index in [2.05, 4.69) is 10.3 Å². The zero-order valence-electron chi connectivity index (χ0n) is 12.9. The number of aliphatic hydroxyl groups excluding tert-OH is 1. The van der Waals surface area contributed by atoms with Crippen molar-refractivity contribution < 1.29 is 19.8 Å². The van der Waals surface area contributed by atoms with Crippen LogP contribution in [0.2, 0.25) is 0 Å². The van der Waals surface area contributed by atoms with Crippen molar-refractivity contribution in [2.24, 2.45) is 10.9 Å². The van der Waals surface area contributed by atoms with E-state index in [0.29, 0.717) is 23.6 Å². The fraction of sp³-hybridized carbons (Fsp3) is 0.643. The van der Waals surface area contributed by atoms with Crippen LogP contribution >= 0.6 is 11.8 Å². The third kappa shape index (κ3) is 2.98. The van der Waals surface area contributed by atoms with Crippen molar-refractivity contribution >= 4 is 29.5 Å². The zero-order chi connectivity index (χ0) is 16.4. The molecule has 0 aromatic heterocycles. The van der Waals surface area contributed by atoms with Gasteiger partial charge in [-0.3, -0.25) is 9.79 Å². The molecule has 2 aliphatic heterocycles. The molecule has 0 bridgehead atoms. The van der Waals surface area contributed by atoms with Crippen LogP contribution in [0.15, 0.2) is 15.6 Å². The van der Waals surface area contributed by atoms with Crippen LogP contribution in [0, 0.1) is 5.92 Å². The smallest absolute Gasteiger partial charge is 0.353 e. The standard InChI is InChI=1S/C14H21N3O4S/c1-7(18)11-9-6-10(22-5-4-16-8(2)15-3)12(14(20)21)17(9)13(11)19/h7,9,11,18H,4-6H2,1-3H3,(H,15,16)(H,20,21)/t7?,9-,11-/m1/s1. The number of aliphatic hydroxyl groups is 1. The van der Waals surface area contributed by atoms with Crippen molar-refractivity contribution in [3.05, 3.63) is 10.6 Å². The van der Waals surface area contributed by atoms with E-state index in [1.165, 1.54) is 16.7 Å². The average molecular weight is 327 g/mol. The lowest BCUT2D eigenvalue weighted by molar-refractivity contribution is -0.161. The van der Waals surface area contributed by atoms with Crippen molar-refractivity contribution in [1.82, 2.24) is 10.2 Å². The summed E-state index contributed by atoms with van der Waals surface area (Å²) < 4.78 is 0. The summed E-state index contributed by atoms with van der Waals surface area (Å²) in [7, 11) is 1.70. The number of carboxylic acid groups (broad SMARTS) is 1. The van der Waals surface area contributed by atoms with Crippen LogP contribution in [-0.2, 0) is 9.59 Å². The summed E-state index contributed by atoms with van der Waals surface area (Å²) in [5.41, 5.74) is 0.0813. The van der Waals surface area contributed by atoms with E-state index in [0.717, 1.165) is 5.84 Å². The second-order valence-electron chi connectivity index (χ2n) is 5.41. The van der Waals surface area contributed by atoms with E-state index in [1.54, 1.807) is 14.0 Å². The Morgan fingerprint density at radius 1 is 1.59 bits per heavy atom. The molecule has 3 N–H and O–H groups in total. The molecule has 1 unspecified atom stereocenters. The van der Waals surface area contributed by atoms with Gasteiger partial charge in [-0.15, -0.1) is 11.8 Å². The predicted molar refractivity (Wildman–Crippen MR) is 84.6 cm³/mol. The van der Waals surface area contributed by atoms with Gasteiger partial charge in [0.25, 0.3) is 0 Å². The van der Waals surface area contributed by atoms with Gasteiger partial charge in [-0.1, -0.05) is 0 Å². The van der Waals surface area contributed by atoms with E-state index in [-0.39, 0.29) is 17.6 Å². The number of amidine groups is 1. The molecule has 122 valence electrons. The Hall–Kier alpha value is -1.54. The number of carbonyl (C=O) groups is 2. The SMILES string of the molecule is CN=C(C)NCCSC1=C(C(=O)O)N2C(=O)[C@H](C(C)O)[C@H]2C1. The highest BCUT2D eigenvalue weighted by Gasteiger charge is 2.56. The molecule has 0 spiro atoms. The second-order valence-corrected chi connectivity index (χ2v) is 6.60. The first kappa shape index (κ1) is 16.8. The lowest BCUT2D eigenvalue weighted by Gasteiger charge is -2.44. The number of hydrogen-bond donors (Lipinski definition) is 3. The van der Waals surface area contributed by atoms with Crippen molar-refractivity contribution in [2.45, 2.75) is 32.4 Å². The van der Waals surface area contributed by atoms with Gasteiger partial charge >= 0.3 is 5.97 Å². The summed E-state index contributed by atoms with van der Waals surface area (Å²) >= 11 is 1.44. The van der Waals surface area contributed by atoms with Gasteiger partial charge in [0.1, 0.15) is 5.70 Å². The molecule has 7 nitrogen and oxygen atoms in total. The van der Waals surface area contributed by atoms with Crippen LogP contribution < -0.4 is 5.32 Å². The normalized spacial score (nSPS) is 25.9. The molecule has 8 heteroatoms. The van der Waals surface area contributed by atoms with E-state index < -0.39 is 18.0 Å². The Morgan fingerprint density at radius 2 is 2.27 bits per heavy atom. The number of fused-ring (bicyclic) bond motifs is 1. The van der Waals surface area contributed by atoms with Crippen molar-refractivity contribution in [3.63, 3.8) is 0 Å². The van der Waals surface area contributed by atoms with Crippen LogP contribution in [0.1, 0.15) is 20.3 Å². The highest BCUT2D eigenvalue weighted by atomic mass is 32.2. The first-order valence-electron chi connectivity index (χ1n) is 7.16. The molecule has 3 atom stereocenters. The molecule has 2 heterocycles. The Labute approximate surface area is 133 Å². The third-order valence-corrected chi connectivity index (χ3v) is 5.10. The molecule has 0 saturated carbocycles. The molecule has 0 aromatic rings. The first-order chi connectivity index (χ1) is 10.4. The van der Waals surface area contributed by atoms with Gasteiger partial charge in [-0.2, -0.15) is 0 Å². The monoisotopic (exact) mass is 327 g/mol. The summed E-state index contributed by atoms with van der Waals surface area (Å²) in [6.07, 6.45) is -0.243. The number of nitrogens with one attached hydrogen (secondary N) is 1. The Kier molecular flexibility index (Phi) is 5.12. The van der Waals surface area contributed by atoms with Gasteiger partial charge in [-0.05, 0) is 13.8 Å². The first-order valence-corrected chi connectivity index (χ1v) is 8.14. The van der Waals surface area contributed by atoms with E-state index >= 15 is 0 Å². The fourth-order valence-electron chi connectivity index (χ4n) is 2.84. The molecule has 0 radical (unpaired) electrons. The van der Waals surface area contributed by atoms with Crippen molar-refractivity contribution in [1.29, 1.82) is 0 Å². The summed E-state index contributed by atoms with van der Waals surface area (Å²) in [5, 5.41) is 22.1. The summed E-state index contributed by atoms with van der Waals surface area (Å²) in [5.74, 6) is -0.345. The van der Waals surface area contributed by atoms with Crippen molar-refractivity contribution in [2.75, 3.05) is 19.3 Å². The summed E-state index contributed by atoms with van der Waals surface area (Å²) in [4.78, 5) is 29.5. The van der Waals surface area contributed by atoms with Gasteiger partial charge in [0, 0.05) is 30.7 Å². The summed E-state index contributed by atoms with van der Waals surface area (Å²) in [6.45, 7) is 4.10. The van der Waals surface area contributed by atoms with Crippen LogP contribution in [0.25, 0.3) is 0 Å². The topological polar surface area (TPSA) is 102 Å². The molecule has 2 aliphatic rings.